The molecule has 0 atom stereocenters. The Morgan fingerprint density at radius 3 is 2.87 bits per heavy atom. The van der Waals surface area contributed by atoms with Crippen molar-refractivity contribution in [3.8, 4) is 0 Å². The van der Waals surface area contributed by atoms with Crippen LogP contribution in [0, 0.1) is 5.92 Å². The van der Waals surface area contributed by atoms with Gasteiger partial charge in [-0.15, -0.1) is 11.3 Å². The molecular formula is C10H17N3OS. The summed E-state index contributed by atoms with van der Waals surface area (Å²) in [5.41, 5.74) is 5.61. The fourth-order valence-electron chi connectivity index (χ4n) is 1.95. The van der Waals surface area contributed by atoms with Gasteiger partial charge in [0.1, 0.15) is 5.82 Å². The summed E-state index contributed by atoms with van der Waals surface area (Å²) in [7, 11) is 1.77. The normalized spacial score (nSPS) is 18.3. The molecule has 1 fully saturated rings. The predicted octanol–water partition coefficient (Wildman–Crippen LogP) is 1.59. The van der Waals surface area contributed by atoms with Gasteiger partial charge in [-0.1, -0.05) is 0 Å². The van der Waals surface area contributed by atoms with Gasteiger partial charge in [0.15, 0.2) is 5.13 Å². The largest absolute Gasteiger partial charge is 0.384 e. The number of nitrogen functional groups attached to an aromatic ring is 1. The number of hydrogen-bond acceptors (Lipinski definition) is 5. The zero-order chi connectivity index (χ0) is 10.7. The molecule has 0 spiro atoms. The zero-order valence-electron chi connectivity index (χ0n) is 8.98. The number of anilines is 2. The first kappa shape index (κ1) is 10.7. The van der Waals surface area contributed by atoms with Gasteiger partial charge >= 0.3 is 0 Å². The van der Waals surface area contributed by atoms with Crippen LogP contribution in [0.5, 0.6) is 0 Å². The summed E-state index contributed by atoms with van der Waals surface area (Å²) in [6.45, 7) is 3.02. The third-order valence-electron chi connectivity index (χ3n) is 2.80. The quantitative estimate of drug-likeness (QED) is 0.852. The fourth-order valence-corrected chi connectivity index (χ4v) is 2.72. The fraction of sp³-hybridized carbons (Fsp3) is 0.700. The van der Waals surface area contributed by atoms with Crippen molar-refractivity contribution < 1.29 is 4.74 Å². The van der Waals surface area contributed by atoms with Gasteiger partial charge in [0, 0.05) is 32.2 Å². The summed E-state index contributed by atoms with van der Waals surface area (Å²) >= 11 is 1.63. The highest BCUT2D eigenvalue weighted by molar-refractivity contribution is 7.14. The summed E-state index contributed by atoms with van der Waals surface area (Å²) in [6, 6.07) is 0. The minimum atomic E-state index is 0.633. The first-order valence-corrected chi connectivity index (χ1v) is 6.12. The smallest absolute Gasteiger partial charge is 0.187 e. The molecule has 1 aromatic heterocycles. The topological polar surface area (TPSA) is 51.4 Å². The Hall–Kier alpha value is -0.810. The van der Waals surface area contributed by atoms with Gasteiger partial charge < -0.3 is 15.4 Å². The van der Waals surface area contributed by atoms with E-state index in [1.165, 1.54) is 12.8 Å². The number of ether oxygens (including phenoxy) is 1. The maximum atomic E-state index is 5.61. The van der Waals surface area contributed by atoms with Crippen molar-refractivity contribution in [2.75, 3.05) is 37.4 Å². The first-order valence-electron chi connectivity index (χ1n) is 5.24. The lowest BCUT2D eigenvalue weighted by Gasteiger charge is -2.31. The minimum absolute atomic E-state index is 0.633. The van der Waals surface area contributed by atoms with Crippen LogP contribution < -0.4 is 10.6 Å². The van der Waals surface area contributed by atoms with Gasteiger partial charge in [0.2, 0.25) is 0 Å². The van der Waals surface area contributed by atoms with Gasteiger partial charge in [0.05, 0.1) is 0 Å². The van der Waals surface area contributed by atoms with Gasteiger partial charge in [-0.25, -0.2) is 4.98 Å². The van der Waals surface area contributed by atoms with Crippen molar-refractivity contribution in [2.24, 2.45) is 5.92 Å². The second kappa shape index (κ2) is 4.81. The number of rotatable bonds is 3. The molecule has 0 bridgehead atoms. The van der Waals surface area contributed by atoms with E-state index in [1.54, 1.807) is 18.4 Å². The van der Waals surface area contributed by atoms with E-state index in [0.29, 0.717) is 11.7 Å². The minimum Gasteiger partial charge on any atom is -0.384 e. The van der Waals surface area contributed by atoms with E-state index >= 15 is 0 Å². The lowest BCUT2D eigenvalue weighted by Crippen LogP contribution is -2.34. The van der Waals surface area contributed by atoms with Crippen molar-refractivity contribution in [1.82, 2.24) is 4.98 Å². The molecule has 1 aromatic rings. The SMILES string of the molecule is COCC1CCN(c2nc(N)cs2)CC1. The lowest BCUT2D eigenvalue weighted by molar-refractivity contribution is 0.139. The maximum Gasteiger partial charge on any atom is 0.187 e. The van der Waals surface area contributed by atoms with E-state index in [4.69, 9.17) is 10.5 Å². The van der Waals surface area contributed by atoms with Crippen molar-refractivity contribution in [3.05, 3.63) is 5.38 Å². The summed E-state index contributed by atoms with van der Waals surface area (Å²) in [5, 5.41) is 2.96. The van der Waals surface area contributed by atoms with Gasteiger partial charge in [-0.3, -0.25) is 0 Å². The third-order valence-corrected chi connectivity index (χ3v) is 3.72. The maximum absolute atomic E-state index is 5.61. The zero-order valence-corrected chi connectivity index (χ0v) is 9.80. The van der Waals surface area contributed by atoms with Crippen molar-refractivity contribution >= 4 is 22.3 Å². The van der Waals surface area contributed by atoms with Crippen LogP contribution in [0.15, 0.2) is 5.38 Å². The van der Waals surface area contributed by atoms with E-state index < -0.39 is 0 Å². The lowest BCUT2D eigenvalue weighted by atomic mass is 9.98. The van der Waals surface area contributed by atoms with Crippen molar-refractivity contribution in [1.29, 1.82) is 0 Å². The number of nitrogens with two attached hydrogens (primary N) is 1. The molecule has 1 aliphatic heterocycles. The number of nitrogens with zero attached hydrogens (tertiary/aromatic N) is 2. The molecule has 0 aromatic carbocycles. The average molecular weight is 227 g/mol. The summed E-state index contributed by atoms with van der Waals surface area (Å²) in [4.78, 5) is 6.61. The van der Waals surface area contributed by atoms with Gasteiger partial charge in [-0.2, -0.15) is 0 Å². The summed E-state index contributed by atoms with van der Waals surface area (Å²) in [6.07, 6.45) is 2.38. The van der Waals surface area contributed by atoms with Crippen molar-refractivity contribution in [3.63, 3.8) is 0 Å². The standard InChI is InChI=1S/C10H17N3OS/c1-14-6-8-2-4-13(5-3-8)10-12-9(11)7-15-10/h7-8H,2-6,11H2,1H3. The molecule has 0 amide bonds. The molecule has 4 nitrogen and oxygen atoms in total. The first-order chi connectivity index (χ1) is 7.29. The van der Waals surface area contributed by atoms with Gasteiger partial charge in [0.25, 0.3) is 0 Å². The molecule has 0 saturated carbocycles. The highest BCUT2D eigenvalue weighted by Gasteiger charge is 2.20. The van der Waals surface area contributed by atoms with E-state index in [0.717, 1.165) is 24.8 Å². The Kier molecular flexibility index (Phi) is 3.43. The Morgan fingerprint density at radius 2 is 2.33 bits per heavy atom. The molecule has 1 saturated heterocycles. The highest BCUT2D eigenvalue weighted by Crippen LogP contribution is 2.26. The third kappa shape index (κ3) is 2.60. The molecule has 5 heteroatoms. The predicted molar refractivity (Wildman–Crippen MR) is 63.3 cm³/mol. The molecule has 1 aliphatic rings. The molecule has 84 valence electrons. The number of methoxy groups -OCH3 is 1. The Balaban J connectivity index is 1.88. The van der Waals surface area contributed by atoms with Crippen LogP contribution >= 0.6 is 11.3 Å². The molecule has 0 aliphatic carbocycles. The molecule has 0 unspecified atom stereocenters. The van der Waals surface area contributed by atoms with Crippen LogP contribution in [0.3, 0.4) is 0 Å². The Labute approximate surface area is 94.1 Å². The van der Waals surface area contributed by atoms with Crippen LogP contribution in [0.2, 0.25) is 0 Å². The van der Waals surface area contributed by atoms with E-state index in [2.05, 4.69) is 9.88 Å². The average Bonchev–Trinajstić information content (AvgIpc) is 2.67. The molecule has 15 heavy (non-hydrogen) atoms. The number of aromatic nitrogens is 1. The second-order valence-electron chi connectivity index (χ2n) is 3.94. The Morgan fingerprint density at radius 1 is 1.60 bits per heavy atom. The Bertz CT molecular complexity index is 307. The van der Waals surface area contributed by atoms with E-state index in [9.17, 15) is 0 Å². The molecule has 0 radical (unpaired) electrons. The number of piperidine rings is 1. The van der Waals surface area contributed by atoms with E-state index in [1.807, 2.05) is 5.38 Å². The van der Waals surface area contributed by atoms with Crippen molar-refractivity contribution in [2.45, 2.75) is 12.8 Å². The summed E-state index contributed by atoms with van der Waals surface area (Å²) in [5.74, 6) is 1.34. The molecule has 2 N–H and O–H groups in total. The highest BCUT2D eigenvalue weighted by atomic mass is 32.1. The van der Waals surface area contributed by atoms with Crippen LogP contribution in [-0.4, -0.2) is 31.8 Å². The molecule has 2 rings (SSSR count). The number of hydrogen-bond donors (Lipinski definition) is 1. The van der Waals surface area contributed by atoms with Crippen LogP contribution in [0.1, 0.15) is 12.8 Å². The molecule has 2 heterocycles. The molecular weight excluding hydrogens is 210 g/mol. The van der Waals surface area contributed by atoms with E-state index in [-0.39, 0.29) is 0 Å². The summed E-state index contributed by atoms with van der Waals surface area (Å²) < 4.78 is 5.17. The van der Waals surface area contributed by atoms with Crippen LogP contribution in [-0.2, 0) is 4.74 Å². The van der Waals surface area contributed by atoms with Crippen LogP contribution in [0.25, 0.3) is 0 Å². The monoisotopic (exact) mass is 227 g/mol. The van der Waals surface area contributed by atoms with Gasteiger partial charge in [-0.05, 0) is 18.8 Å². The second-order valence-corrected chi connectivity index (χ2v) is 4.78. The van der Waals surface area contributed by atoms with Crippen LogP contribution in [0.4, 0.5) is 10.9 Å². The number of thiazole rings is 1.